The molecule has 1 aliphatic heterocycles. The molecule has 2 aromatic carbocycles. The quantitative estimate of drug-likeness (QED) is 0.810. The van der Waals surface area contributed by atoms with Crippen molar-refractivity contribution in [3.05, 3.63) is 64.2 Å². The molecule has 1 amide bonds. The number of amides is 1. The van der Waals surface area contributed by atoms with E-state index >= 15 is 0 Å². The monoisotopic (exact) mass is 428 g/mol. The molecule has 1 heterocycles. The summed E-state index contributed by atoms with van der Waals surface area (Å²) in [5.41, 5.74) is -0.225. The number of hydrogen-bond donors (Lipinski definition) is 1. The zero-order valence-corrected chi connectivity index (χ0v) is 16.7. The summed E-state index contributed by atoms with van der Waals surface area (Å²) in [6.07, 6.45) is 1.01. The van der Waals surface area contributed by atoms with Crippen molar-refractivity contribution in [1.82, 2.24) is 9.62 Å². The van der Waals surface area contributed by atoms with Crippen LogP contribution in [0.15, 0.2) is 41.3 Å². The molecular weight excluding hydrogens is 410 g/mol. The molecule has 0 aliphatic carbocycles. The van der Waals surface area contributed by atoms with Crippen LogP contribution in [0.25, 0.3) is 0 Å². The molecule has 1 atom stereocenters. The van der Waals surface area contributed by atoms with Crippen LogP contribution in [0.3, 0.4) is 0 Å². The van der Waals surface area contributed by atoms with Crippen molar-refractivity contribution >= 4 is 27.5 Å². The minimum atomic E-state index is -3.82. The largest absolute Gasteiger partial charge is 0.348 e. The fraction of sp³-hybridized carbons (Fsp3) is 0.316. The van der Waals surface area contributed by atoms with Gasteiger partial charge in [-0.25, -0.2) is 17.2 Å². The van der Waals surface area contributed by atoms with Gasteiger partial charge < -0.3 is 5.32 Å². The molecule has 1 fully saturated rings. The first-order chi connectivity index (χ1) is 13.2. The molecule has 0 saturated carbocycles. The highest BCUT2D eigenvalue weighted by molar-refractivity contribution is 7.89. The Bertz CT molecular complexity index is 994. The minimum Gasteiger partial charge on any atom is -0.348 e. The lowest BCUT2D eigenvalue weighted by atomic mass is 10.1. The zero-order chi connectivity index (χ0) is 20.5. The number of nitrogens with one attached hydrogen (secondary N) is 1. The molecule has 28 heavy (non-hydrogen) atoms. The molecule has 0 bridgehead atoms. The Hall–Kier alpha value is -2.03. The van der Waals surface area contributed by atoms with Crippen LogP contribution >= 0.6 is 11.6 Å². The normalized spacial score (nSPS) is 18.1. The SMILES string of the molecule is Cc1c(Cl)cccc1S(=O)(=O)N1CCC[C@H](NC(=O)c2c(F)cccc2F)C1. The van der Waals surface area contributed by atoms with E-state index in [4.69, 9.17) is 11.6 Å². The van der Waals surface area contributed by atoms with Gasteiger partial charge in [0.05, 0.1) is 4.90 Å². The topological polar surface area (TPSA) is 66.5 Å². The molecule has 150 valence electrons. The van der Waals surface area contributed by atoms with E-state index in [1.165, 1.54) is 16.4 Å². The molecule has 0 radical (unpaired) electrons. The zero-order valence-electron chi connectivity index (χ0n) is 15.1. The van der Waals surface area contributed by atoms with Crippen molar-refractivity contribution in [3.63, 3.8) is 0 Å². The summed E-state index contributed by atoms with van der Waals surface area (Å²) in [7, 11) is -3.82. The van der Waals surface area contributed by atoms with Crippen LogP contribution in [0.4, 0.5) is 8.78 Å². The Balaban J connectivity index is 1.79. The lowest BCUT2D eigenvalue weighted by Crippen LogP contribution is -2.49. The third kappa shape index (κ3) is 4.04. The van der Waals surface area contributed by atoms with Crippen LogP contribution in [0, 0.1) is 18.6 Å². The van der Waals surface area contributed by atoms with E-state index in [1.54, 1.807) is 19.1 Å². The second-order valence-electron chi connectivity index (χ2n) is 6.64. The van der Waals surface area contributed by atoms with Gasteiger partial charge in [-0.2, -0.15) is 4.31 Å². The average molecular weight is 429 g/mol. The van der Waals surface area contributed by atoms with E-state index in [-0.39, 0.29) is 18.0 Å². The summed E-state index contributed by atoms with van der Waals surface area (Å²) in [4.78, 5) is 12.4. The van der Waals surface area contributed by atoms with Crippen LogP contribution in [0.5, 0.6) is 0 Å². The van der Waals surface area contributed by atoms with Crippen molar-refractivity contribution in [1.29, 1.82) is 0 Å². The molecule has 1 saturated heterocycles. The second-order valence-corrected chi connectivity index (χ2v) is 8.95. The number of carbonyl (C=O) groups is 1. The number of benzene rings is 2. The van der Waals surface area contributed by atoms with Crippen LogP contribution in [-0.4, -0.2) is 37.8 Å². The minimum absolute atomic E-state index is 0.0100. The number of halogens is 3. The predicted octanol–water partition coefficient (Wildman–Crippen LogP) is 3.51. The average Bonchev–Trinajstić information content (AvgIpc) is 2.64. The standard InChI is InChI=1S/C19H19ClF2N2O3S/c1-12-14(20)6-2-9-17(12)28(26,27)24-10-4-5-13(11-24)23-19(25)18-15(21)7-3-8-16(18)22/h2-3,6-9,13H,4-5,10-11H2,1H3,(H,23,25)/t13-/m0/s1. The lowest BCUT2D eigenvalue weighted by Gasteiger charge is -2.32. The van der Waals surface area contributed by atoms with Gasteiger partial charge in [0.1, 0.15) is 17.2 Å². The summed E-state index contributed by atoms with van der Waals surface area (Å²) < 4.78 is 54.9. The Kier molecular flexibility index (Phi) is 6.02. The van der Waals surface area contributed by atoms with Gasteiger partial charge >= 0.3 is 0 Å². The maximum absolute atomic E-state index is 13.8. The molecule has 0 unspecified atom stereocenters. The van der Waals surface area contributed by atoms with Crippen molar-refractivity contribution in [2.24, 2.45) is 0 Å². The fourth-order valence-electron chi connectivity index (χ4n) is 3.26. The van der Waals surface area contributed by atoms with E-state index in [9.17, 15) is 22.0 Å². The summed E-state index contributed by atoms with van der Waals surface area (Å²) in [5.74, 6) is -2.83. The van der Waals surface area contributed by atoms with Gasteiger partial charge in [0.2, 0.25) is 10.0 Å². The molecule has 9 heteroatoms. The molecule has 1 N–H and O–H groups in total. The predicted molar refractivity (Wildman–Crippen MR) is 102 cm³/mol. The maximum Gasteiger partial charge on any atom is 0.257 e. The van der Waals surface area contributed by atoms with E-state index in [0.717, 1.165) is 12.1 Å². The highest BCUT2D eigenvalue weighted by Crippen LogP contribution is 2.27. The van der Waals surface area contributed by atoms with Gasteiger partial charge in [-0.05, 0) is 49.6 Å². The van der Waals surface area contributed by atoms with Crippen LogP contribution in [-0.2, 0) is 10.0 Å². The van der Waals surface area contributed by atoms with Crippen molar-refractivity contribution in [3.8, 4) is 0 Å². The molecule has 1 aliphatic rings. The smallest absolute Gasteiger partial charge is 0.257 e. The third-order valence-electron chi connectivity index (χ3n) is 4.74. The van der Waals surface area contributed by atoms with E-state index in [2.05, 4.69) is 5.32 Å². The fourth-order valence-corrected chi connectivity index (χ4v) is 5.26. The number of sulfonamides is 1. The lowest BCUT2D eigenvalue weighted by molar-refractivity contribution is 0.0912. The third-order valence-corrected chi connectivity index (χ3v) is 7.16. The van der Waals surface area contributed by atoms with Crippen LogP contribution in [0.2, 0.25) is 5.02 Å². The Morgan fingerprint density at radius 2 is 1.82 bits per heavy atom. The molecule has 2 aromatic rings. The van der Waals surface area contributed by atoms with Crippen LogP contribution in [0.1, 0.15) is 28.8 Å². The van der Waals surface area contributed by atoms with E-state index < -0.39 is 39.2 Å². The highest BCUT2D eigenvalue weighted by Gasteiger charge is 2.32. The summed E-state index contributed by atoms with van der Waals surface area (Å²) in [5, 5.41) is 2.89. The number of rotatable bonds is 4. The number of piperidine rings is 1. The van der Waals surface area contributed by atoms with Crippen molar-refractivity contribution < 1.29 is 22.0 Å². The molecule has 0 aromatic heterocycles. The van der Waals surface area contributed by atoms with E-state index in [0.29, 0.717) is 23.4 Å². The van der Waals surface area contributed by atoms with Gasteiger partial charge in [0.15, 0.2) is 0 Å². The van der Waals surface area contributed by atoms with Gasteiger partial charge in [0.25, 0.3) is 5.91 Å². The summed E-state index contributed by atoms with van der Waals surface area (Å²) >= 11 is 6.04. The molecule has 5 nitrogen and oxygen atoms in total. The molecule has 0 spiro atoms. The first-order valence-electron chi connectivity index (χ1n) is 8.72. The Labute approximate surface area is 167 Å². The van der Waals surface area contributed by atoms with E-state index in [1.807, 2.05) is 0 Å². The van der Waals surface area contributed by atoms with Crippen molar-refractivity contribution in [2.45, 2.75) is 30.7 Å². The first kappa shape index (κ1) is 20.7. The van der Waals surface area contributed by atoms with Gasteiger partial charge in [-0.3, -0.25) is 4.79 Å². The number of carbonyl (C=O) groups excluding carboxylic acids is 1. The van der Waals surface area contributed by atoms with Gasteiger partial charge in [-0.15, -0.1) is 0 Å². The van der Waals surface area contributed by atoms with Crippen molar-refractivity contribution in [2.75, 3.05) is 13.1 Å². The molecular formula is C19H19ClF2N2O3S. The Morgan fingerprint density at radius 3 is 2.50 bits per heavy atom. The maximum atomic E-state index is 13.8. The van der Waals surface area contributed by atoms with Gasteiger partial charge in [0, 0.05) is 24.2 Å². The highest BCUT2D eigenvalue weighted by atomic mass is 35.5. The molecule has 3 rings (SSSR count). The second kappa shape index (κ2) is 8.14. The van der Waals surface area contributed by atoms with Crippen LogP contribution < -0.4 is 5.32 Å². The number of hydrogen-bond acceptors (Lipinski definition) is 3. The van der Waals surface area contributed by atoms with Gasteiger partial charge in [-0.1, -0.05) is 23.7 Å². The summed E-state index contributed by atoms with van der Waals surface area (Å²) in [6, 6.07) is 7.26. The number of nitrogens with zero attached hydrogens (tertiary/aromatic N) is 1. The first-order valence-corrected chi connectivity index (χ1v) is 10.5. The summed E-state index contributed by atoms with van der Waals surface area (Å²) in [6.45, 7) is 1.92. The Morgan fingerprint density at radius 1 is 1.18 bits per heavy atom.